The van der Waals surface area contributed by atoms with Gasteiger partial charge in [-0.15, -0.1) is 4.52 Å². The van der Waals surface area contributed by atoms with Gasteiger partial charge in [-0.05, 0) is 37.0 Å². The molecular weight excluding hydrogens is 378 g/mol. The first-order valence-corrected chi connectivity index (χ1v) is 10.5. The van der Waals surface area contributed by atoms with Gasteiger partial charge in [0.25, 0.3) is 5.56 Å². The van der Waals surface area contributed by atoms with E-state index in [1.54, 1.807) is 11.6 Å². The predicted octanol–water partition coefficient (Wildman–Crippen LogP) is 3.59. The van der Waals surface area contributed by atoms with Crippen LogP contribution in [-0.4, -0.2) is 26.7 Å². The van der Waals surface area contributed by atoms with Gasteiger partial charge in [-0.25, -0.2) is 5.10 Å². The number of H-pyrrole nitrogens is 1. The van der Waals surface area contributed by atoms with Crippen LogP contribution in [0.2, 0.25) is 0 Å². The first kappa shape index (κ1) is 18.8. The minimum atomic E-state index is -0.0127. The lowest BCUT2D eigenvalue weighted by atomic mass is 9.85. The Bertz CT molecular complexity index is 1310. The Morgan fingerprint density at radius 1 is 1.17 bits per heavy atom. The molecule has 7 nitrogen and oxygen atoms in total. The molecular formula is C23H26N5O2+. The van der Waals surface area contributed by atoms with Crippen molar-refractivity contribution in [3.05, 3.63) is 52.7 Å². The monoisotopic (exact) mass is 404 g/mol. The van der Waals surface area contributed by atoms with Crippen LogP contribution in [0.15, 0.2) is 41.3 Å². The highest BCUT2D eigenvalue weighted by Crippen LogP contribution is 2.34. The standard InChI is InChI=1S/C23H25N5O2/c1-14-8-4-6-10-18(14)27-13-12-17-20(22(27)29)21(16-9-5-7-11-19(16)30-3)28-23(25-17)24-15(2)26-28/h5,7,9,11-14,18H,4,6,8,10H2,1-3H3/p+1. The Labute approximate surface area is 174 Å². The van der Waals surface area contributed by atoms with Gasteiger partial charge in [-0.3, -0.25) is 4.79 Å². The quantitative estimate of drug-likeness (QED) is 0.530. The second kappa shape index (κ2) is 7.23. The maximum absolute atomic E-state index is 13.9. The number of nitrogens with one attached hydrogen (secondary N) is 1. The lowest BCUT2D eigenvalue weighted by molar-refractivity contribution is -0.567. The second-order valence-corrected chi connectivity index (χ2v) is 8.22. The van der Waals surface area contributed by atoms with E-state index in [1.807, 2.05) is 48.0 Å². The summed E-state index contributed by atoms with van der Waals surface area (Å²) in [6.45, 7) is 4.13. The van der Waals surface area contributed by atoms with Gasteiger partial charge in [-0.1, -0.05) is 41.9 Å². The third kappa shape index (κ3) is 2.88. The number of aryl methyl sites for hydroxylation is 1. The minimum absolute atomic E-state index is 0.0127. The van der Waals surface area contributed by atoms with Gasteiger partial charge in [-0.2, -0.15) is 0 Å². The van der Waals surface area contributed by atoms with Crippen molar-refractivity contribution in [1.82, 2.24) is 19.6 Å². The molecule has 0 spiro atoms. The van der Waals surface area contributed by atoms with Crippen LogP contribution in [0.3, 0.4) is 0 Å². The molecule has 154 valence electrons. The first-order chi connectivity index (χ1) is 14.6. The van der Waals surface area contributed by atoms with Crippen molar-refractivity contribution in [2.24, 2.45) is 5.92 Å². The number of hydrogen-bond donors (Lipinski definition) is 1. The van der Waals surface area contributed by atoms with Crippen molar-refractivity contribution in [3.8, 4) is 17.0 Å². The van der Waals surface area contributed by atoms with E-state index in [0.29, 0.717) is 28.3 Å². The molecule has 2 unspecified atom stereocenters. The number of fused-ring (bicyclic) bond motifs is 2. The number of aromatic amines is 1. The van der Waals surface area contributed by atoms with Gasteiger partial charge < -0.3 is 9.30 Å². The molecule has 3 aromatic heterocycles. The van der Waals surface area contributed by atoms with Gasteiger partial charge in [0.2, 0.25) is 5.82 Å². The fourth-order valence-electron chi connectivity index (χ4n) is 4.81. The third-order valence-electron chi connectivity index (χ3n) is 6.31. The second-order valence-electron chi connectivity index (χ2n) is 8.22. The fourth-order valence-corrected chi connectivity index (χ4v) is 4.81. The molecule has 1 fully saturated rings. The molecule has 1 N–H and O–H groups in total. The lowest BCUT2D eigenvalue weighted by Gasteiger charge is -2.30. The Hall–Kier alpha value is -3.22. The van der Waals surface area contributed by atoms with Crippen molar-refractivity contribution in [1.29, 1.82) is 0 Å². The van der Waals surface area contributed by atoms with Crippen LogP contribution >= 0.6 is 0 Å². The normalized spacial score (nSPS) is 19.4. The highest BCUT2D eigenvalue weighted by atomic mass is 16.5. The molecule has 5 rings (SSSR count). The molecule has 4 aromatic rings. The summed E-state index contributed by atoms with van der Waals surface area (Å²) < 4.78 is 9.35. The van der Waals surface area contributed by atoms with Gasteiger partial charge in [0.15, 0.2) is 11.2 Å². The van der Waals surface area contributed by atoms with Gasteiger partial charge >= 0.3 is 5.78 Å². The van der Waals surface area contributed by atoms with Crippen molar-refractivity contribution < 1.29 is 9.25 Å². The van der Waals surface area contributed by atoms with E-state index in [9.17, 15) is 4.79 Å². The van der Waals surface area contributed by atoms with Gasteiger partial charge in [0.1, 0.15) is 11.1 Å². The summed E-state index contributed by atoms with van der Waals surface area (Å²) >= 11 is 0. The largest absolute Gasteiger partial charge is 0.496 e. The summed E-state index contributed by atoms with van der Waals surface area (Å²) in [5, 5.41) is 3.83. The molecule has 0 saturated heterocycles. The molecule has 2 atom stereocenters. The number of benzene rings is 1. The minimum Gasteiger partial charge on any atom is -0.496 e. The zero-order valence-electron chi connectivity index (χ0n) is 17.6. The van der Waals surface area contributed by atoms with E-state index in [-0.39, 0.29) is 11.6 Å². The Morgan fingerprint density at radius 2 is 1.97 bits per heavy atom. The third-order valence-corrected chi connectivity index (χ3v) is 6.31. The van der Waals surface area contributed by atoms with Gasteiger partial charge in [0, 0.05) is 19.2 Å². The Morgan fingerprint density at radius 3 is 2.77 bits per heavy atom. The number of para-hydroxylation sites is 1. The van der Waals surface area contributed by atoms with E-state index in [1.165, 1.54) is 6.42 Å². The maximum Gasteiger partial charge on any atom is 0.458 e. The smallest absolute Gasteiger partial charge is 0.458 e. The van der Waals surface area contributed by atoms with E-state index in [4.69, 9.17) is 4.74 Å². The number of hydrogen-bond acceptors (Lipinski definition) is 4. The highest BCUT2D eigenvalue weighted by Gasteiger charge is 2.29. The predicted molar refractivity (Wildman–Crippen MR) is 115 cm³/mol. The van der Waals surface area contributed by atoms with Crippen LogP contribution in [0.5, 0.6) is 5.75 Å². The molecule has 0 radical (unpaired) electrons. The molecule has 30 heavy (non-hydrogen) atoms. The molecule has 0 amide bonds. The zero-order valence-corrected chi connectivity index (χ0v) is 17.6. The summed E-state index contributed by atoms with van der Waals surface area (Å²) in [6.07, 6.45) is 6.48. The number of pyridine rings is 1. The molecule has 0 bridgehead atoms. The highest BCUT2D eigenvalue weighted by molar-refractivity contribution is 5.92. The van der Waals surface area contributed by atoms with Crippen molar-refractivity contribution in [2.75, 3.05) is 7.11 Å². The lowest BCUT2D eigenvalue weighted by Crippen LogP contribution is -2.34. The molecule has 1 aromatic carbocycles. The molecule has 1 aliphatic carbocycles. The van der Waals surface area contributed by atoms with Crippen LogP contribution < -0.4 is 14.8 Å². The summed E-state index contributed by atoms with van der Waals surface area (Å²) in [5.74, 6) is 2.44. The fraction of sp³-hybridized carbons (Fsp3) is 0.391. The number of rotatable bonds is 3. The summed E-state index contributed by atoms with van der Waals surface area (Å²) in [7, 11) is 1.64. The SMILES string of the molecule is COc1ccccc1-c1c2c(=O)n(C3CCCCC3C)ccc2nc2nc(C)[nH][n+]12. The average molecular weight is 404 g/mol. The van der Waals surface area contributed by atoms with Gasteiger partial charge in [0.05, 0.1) is 12.7 Å². The topological polar surface area (TPSA) is 76.9 Å². The molecule has 1 aliphatic rings. The zero-order chi connectivity index (χ0) is 20.8. The van der Waals surface area contributed by atoms with Crippen LogP contribution in [-0.2, 0) is 0 Å². The van der Waals surface area contributed by atoms with Crippen molar-refractivity contribution in [3.63, 3.8) is 0 Å². The summed E-state index contributed by atoms with van der Waals surface area (Å²) in [6, 6.07) is 9.91. The van der Waals surface area contributed by atoms with Crippen LogP contribution in [0.25, 0.3) is 27.9 Å². The van der Waals surface area contributed by atoms with E-state index >= 15 is 0 Å². The van der Waals surface area contributed by atoms with E-state index in [2.05, 4.69) is 22.0 Å². The number of nitrogens with zero attached hydrogens (tertiary/aromatic N) is 4. The van der Waals surface area contributed by atoms with Crippen molar-refractivity contribution >= 4 is 16.7 Å². The maximum atomic E-state index is 13.9. The Kier molecular flexibility index (Phi) is 4.53. The summed E-state index contributed by atoms with van der Waals surface area (Å²) in [4.78, 5) is 23.0. The Balaban J connectivity index is 1.89. The van der Waals surface area contributed by atoms with E-state index < -0.39 is 0 Å². The average Bonchev–Trinajstić information content (AvgIpc) is 3.13. The molecule has 3 heterocycles. The molecule has 7 heteroatoms. The first-order valence-electron chi connectivity index (χ1n) is 10.5. The number of ether oxygens (including phenoxy) is 1. The van der Waals surface area contributed by atoms with E-state index in [0.717, 1.165) is 36.3 Å². The van der Waals surface area contributed by atoms with Crippen LogP contribution in [0.4, 0.5) is 0 Å². The van der Waals surface area contributed by atoms with Crippen molar-refractivity contribution in [2.45, 2.75) is 45.6 Å². The van der Waals surface area contributed by atoms with Crippen LogP contribution in [0, 0.1) is 12.8 Å². The molecule has 0 aliphatic heterocycles. The number of aromatic nitrogens is 5. The van der Waals surface area contributed by atoms with Crippen LogP contribution in [0.1, 0.15) is 44.5 Å². The summed E-state index contributed by atoms with van der Waals surface area (Å²) in [5.41, 5.74) is 2.20. The molecule has 1 saturated carbocycles. The number of methoxy groups -OCH3 is 1.